The third-order valence-corrected chi connectivity index (χ3v) is 3.03. The summed E-state index contributed by atoms with van der Waals surface area (Å²) < 4.78 is 13.3. The number of rotatable bonds is 4. The number of nitrogens with zero attached hydrogens (tertiary/aromatic N) is 2. The minimum atomic E-state index is -0.381. The molecule has 0 aliphatic heterocycles. The van der Waals surface area contributed by atoms with Gasteiger partial charge in [-0.15, -0.1) is 0 Å². The number of carbonyl (C=O) groups is 1. The number of aromatic nitrogens is 1. The molecule has 0 saturated carbocycles. The molecule has 3 N–H and O–H groups in total. The Bertz CT molecular complexity index is 660. The molecule has 0 spiro atoms. The molecule has 0 bridgehead atoms. The van der Waals surface area contributed by atoms with Crippen LogP contribution in [-0.4, -0.2) is 17.4 Å². The fourth-order valence-corrected chi connectivity index (χ4v) is 2.11. The van der Waals surface area contributed by atoms with Crippen LogP contribution in [0.2, 0.25) is 0 Å². The van der Waals surface area contributed by atoms with Crippen LogP contribution < -0.4 is 16.2 Å². The Labute approximate surface area is 122 Å². The number of benzene rings is 1. The van der Waals surface area contributed by atoms with Crippen LogP contribution in [0.4, 0.5) is 15.9 Å². The number of anilines is 2. The molecule has 21 heavy (non-hydrogen) atoms. The first-order chi connectivity index (χ1) is 10.0. The van der Waals surface area contributed by atoms with Gasteiger partial charge in [-0.2, -0.15) is 0 Å². The first-order valence-electron chi connectivity index (χ1n) is 6.58. The number of aryl methyl sites for hydroxylation is 1. The highest BCUT2D eigenvalue weighted by molar-refractivity contribution is 6.06. The Morgan fingerprint density at radius 2 is 2.14 bits per heavy atom. The number of pyridine rings is 1. The molecule has 1 amide bonds. The molecule has 0 aliphatic carbocycles. The summed E-state index contributed by atoms with van der Waals surface area (Å²) in [6.45, 7) is 4.03. The quantitative estimate of drug-likeness (QED) is 0.670. The van der Waals surface area contributed by atoms with E-state index in [2.05, 4.69) is 10.4 Å². The molecule has 1 aromatic carbocycles. The number of amides is 1. The van der Waals surface area contributed by atoms with Crippen LogP contribution in [0.25, 0.3) is 0 Å². The zero-order valence-corrected chi connectivity index (χ0v) is 11.9. The molecule has 1 aromatic heterocycles. The molecule has 0 atom stereocenters. The zero-order chi connectivity index (χ0) is 15.4. The van der Waals surface area contributed by atoms with Crippen molar-refractivity contribution >= 4 is 17.4 Å². The monoisotopic (exact) mass is 288 g/mol. The minimum absolute atomic E-state index is 0.231. The van der Waals surface area contributed by atoms with Crippen molar-refractivity contribution in [1.29, 1.82) is 0 Å². The summed E-state index contributed by atoms with van der Waals surface area (Å²) in [7, 11) is 0. The van der Waals surface area contributed by atoms with Crippen LogP contribution in [-0.2, 0) is 0 Å². The maximum Gasteiger partial charge on any atom is 0.258 e. The van der Waals surface area contributed by atoms with Gasteiger partial charge in [0.25, 0.3) is 5.91 Å². The maximum absolute atomic E-state index is 13.3. The average molecular weight is 288 g/mol. The van der Waals surface area contributed by atoms with Crippen molar-refractivity contribution in [1.82, 2.24) is 4.98 Å². The van der Waals surface area contributed by atoms with E-state index in [1.807, 2.05) is 6.92 Å². The molecule has 0 radical (unpaired) electrons. The van der Waals surface area contributed by atoms with Crippen molar-refractivity contribution < 1.29 is 9.18 Å². The summed E-state index contributed by atoms with van der Waals surface area (Å²) in [5.41, 5.74) is 4.06. The molecule has 2 rings (SSSR count). The van der Waals surface area contributed by atoms with E-state index in [9.17, 15) is 9.18 Å². The van der Waals surface area contributed by atoms with Crippen LogP contribution in [0.3, 0.4) is 0 Å². The largest absolute Gasteiger partial charge is 0.309 e. The molecule has 0 fully saturated rings. The standard InChI is InChI=1S/C15H17FN4O/c1-3-20(13-6-4-5-12(16)9-13)15(21)11-7-10(2)18-14(8-11)19-17/h4-9H,3,17H2,1-2H3,(H,18,19). The van der Waals surface area contributed by atoms with E-state index in [0.29, 0.717) is 29.3 Å². The number of nitrogens with two attached hydrogens (primary N) is 1. The molecule has 0 aliphatic rings. The Hall–Kier alpha value is -2.47. The van der Waals surface area contributed by atoms with Crippen molar-refractivity contribution in [2.24, 2.45) is 5.84 Å². The van der Waals surface area contributed by atoms with Gasteiger partial charge in [0.05, 0.1) is 0 Å². The van der Waals surface area contributed by atoms with Gasteiger partial charge in [0.1, 0.15) is 11.6 Å². The molecular weight excluding hydrogens is 271 g/mol. The van der Waals surface area contributed by atoms with E-state index < -0.39 is 0 Å². The maximum atomic E-state index is 13.3. The topological polar surface area (TPSA) is 71.2 Å². The number of nitrogens with one attached hydrogen (secondary N) is 1. The van der Waals surface area contributed by atoms with Crippen molar-refractivity contribution in [3.8, 4) is 0 Å². The number of halogens is 1. The lowest BCUT2D eigenvalue weighted by molar-refractivity contribution is 0.0988. The molecular formula is C15H17FN4O. The summed E-state index contributed by atoms with van der Waals surface area (Å²) >= 11 is 0. The van der Waals surface area contributed by atoms with Crippen LogP contribution in [0, 0.1) is 12.7 Å². The number of hydrazine groups is 1. The Morgan fingerprint density at radius 1 is 1.38 bits per heavy atom. The van der Waals surface area contributed by atoms with Crippen molar-refractivity contribution in [2.75, 3.05) is 16.9 Å². The fourth-order valence-electron chi connectivity index (χ4n) is 2.11. The number of hydrogen-bond acceptors (Lipinski definition) is 4. The van der Waals surface area contributed by atoms with Crippen LogP contribution in [0.5, 0.6) is 0 Å². The van der Waals surface area contributed by atoms with Gasteiger partial charge in [0.15, 0.2) is 0 Å². The van der Waals surface area contributed by atoms with Crippen molar-refractivity contribution in [2.45, 2.75) is 13.8 Å². The fraction of sp³-hybridized carbons (Fsp3) is 0.200. The van der Waals surface area contributed by atoms with Crippen molar-refractivity contribution in [3.63, 3.8) is 0 Å². The number of carbonyl (C=O) groups excluding carboxylic acids is 1. The third kappa shape index (κ3) is 3.35. The van der Waals surface area contributed by atoms with E-state index in [1.54, 1.807) is 31.2 Å². The highest BCUT2D eigenvalue weighted by Gasteiger charge is 2.17. The molecule has 5 nitrogen and oxygen atoms in total. The predicted octanol–water partition coefficient (Wildman–Crippen LogP) is 2.48. The van der Waals surface area contributed by atoms with E-state index in [0.717, 1.165) is 0 Å². The number of hydrogen-bond donors (Lipinski definition) is 2. The third-order valence-electron chi connectivity index (χ3n) is 3.03. The molecule has 110 valence electrons. The predicted molar refractivity (Wildman–Crippen MR) is 80.5 cm³/mol. The Morgan fingerprint density at radius 3 is 2.76 bits per heavy atom. The molecule has 1 heterocycles. The lowest BCUT2D eigenvalue weighted by Crippen LogP contribution is -2.31. The molecule has 2 aromatic rings. The summed E-state index contributed by atoms with van der Waals surface area (Å²) in [6, 6.07) is 9.18. The zero-order valence-electron chi connectivity index (χ0n) is 11.9. The SMILES string of the molecule is CCN(C(=O)c1cc(C)nc(NN)c1)c1cccc(F)c1. The van der Waals surface area contributed by atoms with Gasteiger partial charge in [0.2, 0.25) is 0 Å². The second-order valence-corrected chi connectivity index (χ2v) is 4.56. The van der Waals surface area contributed by atoms with E-state index in [1.165, 1.54) is 17.0 Å². The molecule has 6 heteroatoms. The smallest absolute Gasteiger partial charge is 0.258 e. The van der Waals surface area contributed by atoms with Gasteiger partial charge < -0.3 is 10.3 Å². The van der Waals surface area contributed by atoms with E-state index in [-0.39, 0.29) is 11.7 Å². The highest BCUT2D eigenvalue weighted by atomic mass is 19.1. The average Bonchev–Trinajstić information content (AvgIpc) is 2.47. The first-order valence-corrected chi connectivity index (χ1v) is 6.58. The summed E-state index contributed by atoms with van der Waals surface area (Å²) in [4.78, 5) is 18.3. The van der Waals surface area contributed by atoms with E-state index in [4.69, 9.17) is 5.84 Å². The lowest BCUT2D eigenvalue weighted by atomic mass is 10.1. The molecule has 0 saturated heterocycles. The second-order valence-electron chi connectivity index (χ2n) is 4.56. The van der Waals surface area contributed by atoms with Gasteiger partial charge in [-0.05, 0) is 44.2 Å². The van der Waals surface area contributed by atoms with Gasteiger partial charge in [0, 0.05) is 23.5 Å². The van der Waals surface area contributed by atoms with Crippen LogP contribution >= 0.6 is 0 Å². The van der Waals surface area contributed by atoms with Gasteiger partial charge >= 0.3 is 0 Å². The lowest BCUT2D eigenvalue weighted by Gasteiger charge is -2.21. The van der Waals surface area contributed by atoms with Crippen LogP contribution in [0.15, 0.2) is 36.4 Å². The first kappa shape index (κ1) is 14.9. The van der Waals surface area contributed by atoms with Gasteiger partial charge in [-0.25, -0.2) is 15.2 Å². The normalized spacial score (nSPS) is 10.3. The highest BCUT2D eigenvalue weighted by Crippen LogP contribution is 2.19. The molecule has 0 unspecified atom stereocenters. The second kappa shape index (κ2) is 6.32. The van der Waals surface area contributed by atoms with Gasteiger partial charge in [-0.1, -0.05) is 6.07 Å². The minimum Gasteiger partial charge on any atom is -0.309 e. The number of nitrogen functional groups attached to an aromatic ring is 1. The van der Waals surface area contributed by atoms with E-state index >= 15 is 0 Å². The Balaban J connectivity index is 2.39. The summed E-state index contributed by atoms with van der Waals surface area (Å²) in [5, 5.41) is 0. The van der Waals surface area contributed by atoms with Gasteiger partial charge in [-0.3, -0.25) is 4.79 Å². The van der Waals surface area contributed by atoms with Crippen molar-refractivity contribution in [3.05, 3.63) is 53.5 Å². The van der Waals surface area contributed by atoms with Crippen LogP contribution in [0.1, 0.15) is 23.0 Å². The summed E-state index contributed by atoms with van der Waals surface area (Å²) in [6.07, 6.45) is 0. The summed E-state index contributed by atoms with van der Waals surface area (Å²) in [5.74, 6) is 5.14. The Kier molecular flexibility index (Phi) is 4.49.